The molecule has 0 radical (unpaired) electrons. The number of hydrogen-bond donors (Lipinski definition) is 0. The van der Waals surface area contributed by atoms with Gasteiger partial charge in [-0.1, -0.05) is 0 Å². The van der Waals surface area contributed by atoms with Crippen molar-refractivity contribution in [3.8, 4) is 0 Å². The fourth-order valence-electron chi connectivity index (χ4n) is 2.79. The van der Waals surface area contributed by atoms with Gasteiger partial charge in [-0.05, 0) is 44.4 Å². The quantitative estimate of drug-likeness (QED) is 0.785. The summed E-state index contributed by atoms with van der Waals surface area (Å²) in [7, 11) is 1.44. The van der Waals surface area contributed by atoms with Gasteiger partial charge in [0.05, 0.1) is 19.2 Å². The lowest BCUT2D eigenvalue weighted by Crippen LogP contribution is -2.58. The number of carbonyl (C=O) groups excluding carboxylic acids is 1. The number of piperazine rings is 1. The molecule has 1 aliphatic heterocycles. The van der Waals surface area contributed by atoms with E-state index < -0.39 is 0 Å². The lowest BCUT2D eigenvalue weighted by atomic mass is 10.1. The molecule has 0 N–H and O–H groups in total. The topological polar surface area (TPSA) is 32.8 Å². The summed E-state index contributed by atoms with van der Waals surface area (Å²) in [4.78, 5) is 17.2. The van der Waals surface area contributed by atoms with Gasteiger partial charge in [-0.25, -0.2) is 4.79 Å². The minimum absolute atomic E-state index is 0.145. The van der Waals surface area contributed by atoms with Gasteiger partial charge in [0.2, 0.25) is 0 Å². The van der Waals surface area contributed by atoms with Crippen LogP contribution in [0.2, 0.25) is 0 Å². The van der Waals surface area contributed by atoms with Crippen molar-refractivity contribution in [3.05, 3.63) is 24.3 Å². The van der Waals surface area contributed by atoms with Crippen LogP contribution in [-0.4, -0.2) is 49.5 Å². The van der Waals surface area contributed by atoms with Gasteiger partial charge in [0.25, 0.3) is 0 Å². The van der Waals surface area contributed by atoms with E-state index >= 15 is 0 Å². The minimum Gasteiger partial charge on any atom is -0.453 e. The lowest BCUT2D eigenvalue weighted by molar-refractivity contribution is 0.0820. The van der Waals surface area contributed by atoms with Crippen LogP contribution in [0.5, 0.6) is 0 Å². The molecule has 0 spiro atoms. The van der Waals surface area contributed by atoms with Crippen molar-refractivity contribution in [1.29, 1.82) is 0 Å². The molecule has 110 valence electrons. The number of benzene rings is 1. The minimum atomic E-state index is -0.234. The van der Waals surface area contributed by atoms with Gasteiger partial charge >= 0.3 is 6.09 Å². The van der Waals surface area contributed by atoms with Crippen molar-refractivity contribution in [3.63, 3.8) is 0 Å². The number of nitrogens with zero attached hydrogens (tertiary/aromatic N) is 2. The maximum Gasteiger partial charge on any atom is 0.410 e. The average Bonchev–Trinajstić information content (AvgIpc) is 2.46. The summed E-state index contributed by atoms with van der Waals surface area (Å²) in [5.41, 5.74) is 1.21. The van der Waals surface area contributed by atoms with Crippen LogP contribution in [-0.2, 0) is 4.74 Å². The molecule has 1 amide bonds. The van der Waals surface area contributed by atoms with Crippen LogP contribution in [0, 0.1) is 0 Å². The van der Waals surface area contributed by atoms with E-state index in [-0.39, 0.29) is 18.2 Å². The number of hydrogen-bond acceptors (Lipinski definition) is 4. The van der Waals surface area contributed by atoms with Crippen molar-refractivity contribution in [2.75, 3.05) is 31.4 Å². The summed E-state index contributed by atoms with van der Waals surface area (Å²) in [6, 6.07) is 8.88. The van der Waals surface area contributed by atoms with E-state index in [2.05, 4.69) is 49.3 Å². The molecule has 1 aromatic rings. The molecule has 0 bridgehead atoms. The Bertz CT molecular complexity index is 451. The van der Waals surface area contributed by atoms with Gasteiger partial charge < -0.3 is 9.64 Å². The number of anilines is 1. The lowest BCUT2D eigenvalue weighted by Gasteiger charge is -2.44. The number of rotatable bonds is 2. The van der Waals surface area contributed by atoms with E-state index in [1.54, 1.807) is 11.8 Å². The summed E-state index contributed by atoms with van der Waals surface area (Å²) in [6.45, 7) is 5.79. The second-order valence-corrected chi connectivity index (χ2v) is 6.06. The molecule has 20 heavy (non-hydrogen) atoms. The zero-order valence-corrected chi connectivity index (χ0v) is 13.3. The highest BCUT2D eigenvalue weighted by Gasteiger charge is 2.33. The number of carbonyl (C=O) groups is 1. The summed E-state index contributed by atoms with van der Waals surface area (Å²) in [6.07, 6.45) is 1.84. The standard InChI is InChI=1S/C15H22N2O2S/c1-11-9-16(10-12(2)17(11)15(18)19-3)13-5-7-14(20-4)8-6-13/h5-8,11-12H,9-10H2,1-4H3. The first-order valence-electron chi connectivity index (χ1n) is 6.82. The Hall–Kier alpha value is -1.36. The second kappa shape index (κ2) is 6.39. The zero-order valence-electron chi connectivity index (χ0n) is 12.5. The molecule has 1 heterocycles. The average molecular weight is 294 g/mol. The predicted molar refractivity (Wildman–Crippen MR) is 83.6 cm³/mol. The van der Waals surface area contributed by atoms with Gasteiger partial charge in [0.15, 0.2) is 0 Å². The Morgan fingerprint density at radius 2 is 1.75 bits per heavy atom. The highest BCUT2D eigenvalue weighted by molar-refractivity contribution is 7.98. The highest BCUT2D eigenvalue weighted by atomic mass is 32.2. The molecule has 1 aromatic carbocycles. The van der Waals surface area contributed by atoms with Gasteiger partial charge in [-0.15, -0.1) is 11.8 Å². The van der Waals surface area contributed by atoms with Crippen LogP contribution < -0.4 is 4.90 Å². The zero-order chi connectivity index (χ0) is 14.7. The van der Waals surface area contributed by atoms with Crippen LogP contribution in [0.15, 0.2) is 29.2 Å². The summed E-state index contributed by atoms with van der Waals surface area (Å²) >= 11 is 1.74. The normalized spacial score (nSPS) is 22.8. The van der Waals surface area contributed by atoms with Gasteiger partial charge in [-0.2, -0.15) is 0 Å². The molecule has 1 aliphatic rings. The van der Waals surface area contributed by atoms with Crippen molar-refractivity contribution in [1.82, 2.24) is 4.90 Å². The first kappa shape index (κ1) is 15.0. The maximum absolute atomic E-state index is 11.8. The van der Waals surface area contributed by atoms with E-state index in [0.29, 0.717) is 0 Å². The Balaban J connectivity index is 2.11. The van der Waals surface area contributed by atoms with Crippen molar-refractivity contribution in [2.24, 2.45) is 0 Å². The Labute approximate surface area is 125 Å². The molecule has 1 saturated heterocycles. The molecule has 0 aromatic heterocycles. The monoisotopic (exact) mass is 294 g/mol. The Morgan fingerprint density at radius 3 is 2.20 bits per heavy atom. The van der Waals surface area contributed by atoms with Crippen LogP contribution in [0.3, 0.4) is 0 Å². The number of thioether (sulfide) groups is 1. The molecular formula is C15H22N2O2S. The molecular weight excluding hydrogens is 272 g/mol. The van der Waals surface area contributed by atoms with E-state index in [4.69, 9.17) is 4.74 Å². The van der Waals surface area contributed by atoms with E-state index in [1.165, 1.54) is 17.7 Å². The molecule has 5 heteroatoms. The SMILES string of the molecule is COC(=O)N1C(C)CN(c2ccc(SC)cc2)CC1C. The maximum atomic E-state index is 11.8. The van der Waals surface area contributed by atoms with E-state index in [9.17, 15) is 4.79 Å². The first-order valence-corrected chi connectivity index (χ1v) is 8.04. The van der Waals surface area contributed by atoms with Crippen LogP contribution in [0.4, 0.5) is 10.5 Å². The molecule has 2 rings (SSSR count). The molecule has 2 atom stereocenters. The first-order chi connectivity index (χ1) is 9.56. The van der Waals surface area contributed by atoms with Crippen molar-refractivity contribution in [2.45, 2.75) is 30.8 Å². The third kappa shape index (κ3) is 3.03. The number of ether oxygens (including phenoxy) is 1. The largest absolute Gasteiger partial charge is 0.453 e. The van der Waals surface area contributed by atoms with E-state index in [1.807, 2.05) is 4.90 Å². The van der Waals surface area contributed by atoms with Crippen molar-refractivity contribution < 1.29 is 9.53 Å². The fourth-order valence-corrected chi connectivity index (χ4v) is 3.20. The Morgan fingerprint density at radius 1 is 1.20 bits per heavy atom. The van der Waals surface area contributed by atoms with Crippen LogP contribution >= 0.6 is 11.8 Å². The third-order valence-corrected chi connectivity index (χ3v) is 4.49. The van der Waals surface area contributed by atoms with Gasteiger partial charge in [0.1, 0.15) is 0 Å². The molecule has 2 unspecified atom stereocenters. The number of methoxy groups -OCH3 is 1. The molecule has 4 nitrogen and oxygen atoms in total. The van der Waals surface area contributed by atoms with Crippen LogP contribution in [0.1, 0.15) is 13.8 Å². The van der Waals surface area contributed by atoms with Crippen molar-refractivity contribution >= 4 is 23.5 Å². The van der Waals surface area contributed by atoms with Gasteiger partial charge in [-0.3, -0.25) is 4.90 Å². The highest BCUT2D eigenvalue weighted by Crippen LogP contribution is 2.25. The second-order valence-electron chi connectivity index (χ2n) is 5.18. The summed E-state index contributed by atoms with van der Waals surface area (Å²) in [5, 5.41) is 0. The smallest absolute Gasteiger partial charge is 0.410 e. The molecule has 1 fully saturated rings. The molecule has 0 aliphatic carbocycles. The summed E-state index contributed by atoms with van der Waals surface area (Å²) in [5.74, 6) is 0. The van der Waals surface area contributed by atoms with Gasteiger partial charge in [0, 0.05) is 23.7 Å². The number of amides is 1. The third-order valence-electron chi connectivity index (χ3n) is 3.74. The molecule has 0 saturated carbocycles. The fraction of sp³-hybridized carbons (Fsp3) is 0.533. The Kier molecular flexibility index (Phi) is 4.81. The predicted octanol–water partition coefficient (Wildman–Crippen LogP) is 3.07. The van der Waals surface area contributed by atoms with E-state index in [0.717, 1.165) is 13.1 Å². The summed E-state index contributed by atoms with van der Waals surface area (Å²) < 4.78 is 4.87. The van der Waals surface area contributed by atoms with Crippen LogP contribution in [0.25, 0.3) is 0 Å².